The number of fused-ring (bicyclic) bond motifs is 1. The number of aromatic nitrogens is 1. The smallest absolute Gasteiger partial charge is 0.306 e. The van der Waals surface area contributed by atoms with Crippen molar-refractivity contribution in [2.45, 2.75) is 102 Å². The normalized spacial score (nSPS) is 23.1. The average molecular weight is 837 g/mol. The van der Waals surface area contributed by atoms with E-state index in [4.69, 9.17) is 23.9 Å². The van der Waals surface area contributed by atoms with Gasteiger partial charge in [-0.15, -0.1) is 6.58 Å². The van der Waals surface area contributed by atoms with Crippen molar-refractivity contribution >= 4 is 35.9 Å². The number of pyridine rings is 1. The van der Waals surface area contributed by atoms with E-state index in [9.17, 15) is 23.8 Å². The van der Waals surface area contributed by atoms with E-state index in [1.165, 1.54) is 0 Å². The number of ketones is 1. The first kappa shape index (κ1) is 43.1. The fourth-order valence-electron chi connectivity index (χ4n) is 9.05. The molecule has 3 aliphatic rings. The number of carbonyl (C=O) groups is 3. The highest BCUT2D eigenvalue weighted by atomic mass is 31.2. The van der Waals surface area contributed by atoms with Crippen molar-refractivity contribution in [3.63, 3.8) is 0 Å². The third-order valence-electron chi connectivity index (χ3n) is 12.7. The summed E-state index contributed by atoms with van der Waals surface area (Å²) < 4.78 is 37.9. The lowest BCUT2D eigenvalue weighted by Gasteiger charge is -2.35. The molecule has 11 nitrogen and oxygen atoms in total. The number of likely N-dealkylation sites (tertiary alicyclic amines) is 1. The molecule has 4 aromatic rings. The largest absolute Gasteiger partial charge is 0.497 e. The molecule has 3 aromatic carbocycles. The van der Waals surface area contributed by atoms with Crippen LogP contribution in [-0.2, 0) is 29.8 Å². The summed E-state index contributed by atoms with van der Waals surface area (Å²) in [7, 11) is -0.756. The molecule has 1 saturated heterocycles. The van der Waals surface area contributed by atoms with E-state index >= 15 is 0 Å². The van der Waals surface area contributed by atoms with Gasteiger partial charge in [-0.25, -0.2) is 4.98 Å². The lowest BCUT2D eigenvalue weighted by atomic mass is 9.77. The van der Waals surface area contributed by atoms with E-state index in [2.05, 4.69) is 6.58 Å². The predicted molar refractivity (Wildman–Crippen MR) is 231 cm³/mol. The van der Waals surface area contributed by atoms with Gasteiger partial charge < -0.3 is 28.7 Å². The lowest BCUT2D eigenvalue weighted by Crippen LogP contribution is -2.48. The van der Waals surface area contributed by atoms with Gasteiger partial charge in [0.1, 0.15) is 29.5 Å². The highest BCUT2D eigenvalue weighted by Gasteiger charge is 2.65. The van der Waals surface area contributed by atoms with Crippen LogP contribution in [-0.4, -0.2) is 76.6 Å². The van der Waals surface area contributed by atoms with E-state index in [0.717, 1.165) is 36.6 Å². The molecule has 1 amide bonds. The quantitative estimate of drug-likeness (QED) is 0.0660. The summed E-state index contributed by atoms with van der Waals surface area (Å²) in [5.74, 6) is -0.379. The predicted octanol–water partition coefficient (Wildman–Crippen LogP) is 9.18. The maximum atomic E-state index is 14.9. The Morgan fingerprint density at radius 1 is 0.967 bits per heavy atom. The summed E-state index contributed by atoms with van der Waals surface area (Å²) in [6.45, 7) is 9.75. The lowest BCUT2D eigenvalue weighted by molar-refractivity contribution is -0.156. The van der Waals surface area contributed by atoms with E-state index in [-0.39, 0.29) is 55.7 Å². The molecule has 2 unspecified atom stereocenters. The number of rotatable bonds is 16. The molecule has 0 radical (unpaired) electrons. The maximum Gasteiger partial charge on any atom is 0.306 e. The van der Waals surface area contributed by atoms with E-state index in [1.54, 1.807) is 25.2 Å². The molecule has 6 atom stereocenters. The molecule has 2 saturated carbocycles. The Labute approximate surface area is 352 Å². The van der Waals surface area contributed by atoms with Gasteiger partial charge in [-0.05, 0) is 85.4 Å². The van der Waals surface area contributed by atoms with Crippen LogP contribution in [0.15, 0.2) is 91.5 Å². The molecular formula is C48H57N2O9P. The molecule has 2 heterocycles. The van der Waals surface area contributed by atoms with Crippen molar-refractivity contribution in [3.05, 3.63) is 97.1 Å². The van der Waals surface area contributed by atoms with E-state index in [0.29, 0.717) is 40.4 Å². The van der Waals surface area contributed by atoms with Crippen molar-refractivity contribution < 1.29 is 42.8 Å². The van der Waals surface area contributed by atoms with Crippen LogP contribution < -0.4 is 14.2 Å². The third-order valence-corrected chi connectivity index (χ3v) is 15.6. The SMILES string of the molecule is C=C[C@@H]1C[C@]1(CC(=O)[C@@H]1C[C@@H](Oc2cc(-c3ccc(OC)cc3)nc3cc(OC)ccc23)CN1C(=O)C(CC(=O)OC1CCCC1)C(C)(C)C)P(=O)(O)Cc1ccccc1. The van der Waals surface area contributed by atoms with Crippen LogP contribution in [0.1, 0.15) is 77.7 Å². The molecule has 7 rings (SSSR count). The van der Waals surface area contributed by atoms with Gasteiger partial charge in [0.15, 0.2) is 5.78 Å². The monoisotopic (exact) mass is 836 g/mol. The summed E-state index contributed by atoms with van der Waals surface area (Å²) in [5, 5.41) is -0.479. The molecular weight excluding hydrogens is 780 g/mol. The first-order valence-corrected chi connectivity index (χ1v) is 22.8. The van der Waals surface area contributed by atoms with Crippen molar-refractivity contribution in [1.82, 2.24) is 9.88 Å². The molecule has 12 heteroatoms. The molecule has 1 N–H and O–H groups in total. The Hall–Kier alpha value is -4.99. The second kappa shape index (κ2) is 17.5. The molecule has 60 heavy (non-hydrogen) atoms. The van der Waals surface area contributed by atoms with Gasteiger partial charge in [-0.2, -0.15) is 0 Å². The number of amides is 1. The molecule has 2 aliphatic carbocycles. The molecule has 318 valence electrons. The number of hydrogen-bond donors (Lipinski definition) is 1. The summed E-state index contributed by atoms with van der Waals surface area (Å²) in [6, 6.07) is 23.1. The molecule has 1 aromatic heterocycles. The van der Waals surface area contributed by atoms with Gasteiger partial charge in [-0.3, -0.25) is 18.9 Å². The zero-order valence-electron chi connectivity index (χ0n) is 35.3. The molecule has 3 fully saturated rings. The summed E-state index contributed by atoms with van der Waals surface area (Å²) in [5.41, 5.74) is 2.16. The van der Waals surface area contributed by atoms with Crippen LogP contribution in [0.5, 0.6) is 17.2 Å². The summed E-state index contributed by atoms with van der Waals surface area (Å²) in [6.07, 6.45) is 4.59. The van der Waals surface area contributed by atoms with Crippen LogP contribution in [0.3, 0.4) is 0 Å². The number of carbonyl (C=O) groups excluding carboxylic acids is 3. The zero-order valence-corrected chi connectivity index (χ0v) is 36.2. The van der Waals surface area contributed by atoms with Crippen LogP contribution in [0, 0.1) is 17.3 Å². The minimum Gasteiger partial charge on any atom is -0.497 e. The van der Waals surface area contributed by atoms with Crippen molar-refractivity contribution in [3.8, 4) is 28.5 Å². The summed E-state index contributed by atoms with van der Waals surface area (Å²) in [4.78, 5) is 61.4. The van der Waals surface area contributed by atoms with Crippen LogP contribution in [0.2, 0.25) is 0 Å². The first-order valence-electron chi connectivity index (χ1n) is 21.0. The number of nitrogens with zero attached hydrogens (tertiary/aromatic N) is 2. The fraction of sp³-hybridized carbons (Fsp3) is 0.458. The van der Waals surface area contributed by atoms with Crippen LogP contribution >= 0.6 is 7.37 Å². The highest BCUT2D eigenvalue weighted by molar-refractivity contribution is 7.59. The number of ether oxygens (including phenoxy) is 4. The number of benzene rings is 3. The Bertz CT molecular complexity index is 2270. The number of hydrogen-bond acceptors (Lipinski definition) is 9. The number of allylic oxidation sites excluding steroid dienone is 1. The topological polar surface area (TPSA) is 142 Å². The Morgan fingerprint density at radius 3 is 2.28 bits per heavy atom. The van der Waals surface area contributed by atoms with E-state index in [1.807, 2.05) is 99.6 Å². The Kier molecular flexibility index (Phi) is 12.6. The van der Waals surface area contributed by atoms with Crippen LogP contribution in [0.25, 0.3) is 22.2 Å². The van der Waals surface area contributed by atoms with Gasteiger partial charge in [0.05, 0.1) is 61.7 Å². The number of Topliss-reactive ketones (excluding diaryl/α,β-unsaturated/α-hetero) is 1. The minimum atomic E-state index is -3.95. The first-order chi connectivity index (χ1) is 28.6. The second-order valence-electron chi connectivity index (χ2n) is 17.8. The maximum absolute atomic E-state index is 14.9. The molecule has 0 bridgehead atoms. The second-order valence-corrected chi connectivity index (χ2v) is 20.4. The molecule has 0 spiro atoms. The number of esters is 1. The highest BCUT2D eigenvalue weighted by Crippen LogP contribution is 2.74. The van der Waals surface area contributed by atoms with Crippen molar-refractivity contribution in [1.29, 1.82) is 0 Å². The van der Waals surface area contributed by atoms with Gasteiger partial charge in [0.2, 0.25) is 13.3 Å². The summed E-state index contributed by atoms with van der Waals surface area (Å²) >= 11 is 0. The van der Waals surface area contributed by atoms with Gasteiger partial charge in [0.25, 0.3) is 0 Å². The van der Waals surface area contributed by atoms with Crippen molar-refractivity contribution in [2.24, 2.45) is 17.3 Å². The minimum absolute atomic E-state index is 0.0655. The number of methoxy groups -OCH3 is 2. The molecule has 1 aliphatic heterocycles. The van der Waals surface area contributed by atoms with Gasteiger partial charge >= 0.3 is 5.97 Å². The van der Waals surface area contributed by atoms with E-state index < -0.39 is 42.0 Å². The fourth-order valence-corrected chi connectivity index (χ4v) is 11.6. The third kappa shape index (κ3) is 9.18. The van der Waals surface area contributed by atoms with Gasteiger partial charge in [-0.1, -0.05) is 57.2 Å². The zero-order chi connectivity index (χ0) is 42.8. The standard InChI is InChI=1S/C48H57N2O9P/c1-7-33-27-48(33,60(54,55)30-31-13-9-8-10-14-31)28-43(51)42-24-37(29-50(42)46(53)39(47(2,3)4)25-45(52)59-35-15-11-12-16-35)58-44-26-40(32-17-19-34(56-5)20-18-32)49-41-23-36(57-6)21-22-38(41)44/h7-10,13-14,17-23,26,33,35,37,39,42H,1,11-12,15-16,24-25,27-30H2,2-6H3,(H,54,55)/t33-,37-,39?,42+,48-/m1/s1. The van der Waals surface area contributed by atoms with Crippen molar-refractivity contribution in [2.75, 3.05) is 20.8 Å². The van der Waals surface area contributed by atoms with Crippen LogP contribution in [0.4, 0.5) is 0 Å². The Morgan fingerprint density at radius 2 is 1.65 bits per heavy atom. The van der Waals surface area contributed by atoms with Gasteiger partial charge in [0, 0.05) is 35.9 Å². The Balaban J connectivity index is 1.22. The average Bonchev–Trinajstić information content (AvgIpc) is 3.48.